The van der Waals surface area contributed by atoms with Crippen molar-refractivity contribution in [2.45, 2.75) is 52.2 Å². The van der Waals surface area contributed by atoms with Crippen LogP contribution in [0, 0.1) is 17.8 Å². The van der Waals surface area contributed by atoms with Gasteiger partial charge in [-0.05, 0) is 55.7 Å². The molecule has 0 radical (unpaired) electrons. The van der Waals surface area contributed by atoms with Gasteiger partial charge in [0.25, 0.3) is 0 Å². The fourth-order valence-electron chi connectivity index (χ4n) is 3.67. The van der Waals surface area contributed by atoms with Gasteiger partial charge in [-0.2, -0.15) is 0 Å². The molecule has 4 heteroatoms. The number of ether oxygens (including phenoxy) is 1. The standard InChI is InChI=1S/C19H29NO3/c1-12-9-13(2)11-16(10-12)19(22)20-14(3)18(21)15-5-7-17(23-4)8-6-15/h5-8,12-14,16,18,21H,9-11H2,1-4H3,(H,20,22). The van der Waals surface area contributed by atoms with Crippen LogP contribution in [0.25, 0.3) is 0 Å². The van der Waals surface area contributed by atoms with Crippen molar-refractivity contribution in [3.05, 3.63) is 29.8 Å². The molecule has 2 N–H and O–H groups in total. The van der Waals surface area contributed by atoms with E-state index in [-0.39, 0.29) is 17.9 Å². The highest BCUT2D eigenvalue weighted by Gasteiger charge is 2.30. The van der Waals surface area contributed by atoms with Gasteiger partial charge in [0.1, 0.15) is 5.75 Å². The summed E-state index contributed by atoms with van der Waals surface area (Å²) in [5, 5.41) is 13.4. The molecule has 1 saturated carbocycles. The van der Waals surface area contributed by atoms with Crippen molar-refractivity contribution < 1.29 is 14.6 Å². The molecule has 0 saturated heterocycles. The Morgan fingerprint density at radius 3 is 2.26 bits per heavy atom. The second kappa shape index (κ2) is 7.82. The number of benzene rings is 1. The lowest BCUT2D eigenvalue weighted by Gasteiger charge is -2.32. The van der Waals surface area contributed by atoms with E-state index in [1.54, 1.807) is 7.11 Å². The van der Waals surface area contributed by atoms with Crippen LogP contribution in [-0.2, 0) is 4.79 Å². The van der Waals surface area contributed by atoms with E-state index in [9.17, 15) is 9.90 Å². The molecule has 4 nitrogen and oxygen atoms in total. The van der Waals surface area contributed by atoms with E-state index in [4.69, 9.17) is 4.74 Å². The molecule has 0 bridgehead atoms. The van der Waals surface area contributed by atoms with E-state index < -0.39 is 6.10 Å². The normalized spacial score (nSPS) is 27.1. The summed E-state index contributed by atoms with van der Waals surface area (Å²) >= 11 is 0. The Labute approximate surface area is 139 Å². The predicted octanol–water partition coefficient (Wildman–Crippen LogP) is 3.31. The topological polar surface area (TPSA) is 58.6 Å². The van der Waals surface area contributed by atoms with E-state index in [0.717, 1.165) is 24.2 Å². The highest BCUT2D eigenvalue weighted by molar-refractivity contribution is 5.79. The van der Waals surface area contributed by atoms with Crippen LogP contribution < -0.4 is 10.1 Å². The summed E-state index contributed by atoms with van der Waals surface area (Å²) < 4.78 is 5.12. The average molecular weight is 319 g/mol. The third kappa shape index (κ3) is 4.71. The zero-order valence-electron chi connectivity index (χ0n) is 14.6. The van der Waals surface area contributed by atoms with Crippen LogP contribution >= 0.6 is 0 Å². The Kier molecular flexibility index (Phi) is 6.05. The third-order valence-electron chi connectivity index (χ3n) is 4.85. The third-order valence-corrected chi connectivity index (χ3v) is 4.85. The number of hydrogen-bond donors (Lipinski definition) is 2. The number of amides is 1. The number of aliphatic hydroxyl groups excluding tert-OH is 1. The van der Waals surface area contributed by atoms with Crippen molar-refractivity contribution in [3.8, 4) is 5.75 Å². The van der Waals surface area contributed by atoms with Crippen LogP contribution in [0.1, 0.15) is 51.7 Å². The van der Waals surface area contributed by atoms with Crippen molar-refractivity contribution in [3.63, 3.8) is 0 Å². The second-order valence-corrected chi connectivity index (χ2v) is 7.13. The van der Waals surface area contributed by atoms with Gasteiger partial charge in [-0.3, -0.25) is 4.79 Å². The number of rotatable bonds is 5. The Balaban J connectivity index is 1.94. The maximum atomic E-state index is 12.5. The predicted molar refractivity (Wildman–Crippen MR) is 91.2 cm³/mol. The minimum atomic E-state index is -0.719. The molecular formula is C19H29NO3. The molecule has 4 unspecified atom stereocenters. The van der Waals surface area contributed by atoms with Crippen molar-refractivity contribution in [2.75, 3.05) is 7.11 Å². The van der Waals surface area contributed by atoms with Gasteiger partial charge in [0.05, 0.1) is 19.3 Å². The number of carbonyl (C=O) groups is 1. The van der Waals surface area contributed by atoms with Gasteiger partial charge < -0.3 is 15.2 Å². The van der Waals surface area contributed by atoms with Crippen LogP contribution in [0.3, 0.4) is 0 Å². The lowest BCUT2D eigenvalue weighted by molar-refractivity contribution is -0.128. The molecule has 23 heavy (non-hydrogen) atoms. The largest absolute Gasteiger partial charge is 0.497 e. The summed E-state index contributed by atoms with van der Waals surface area (Å²) in [7, 11) is 1.61. The van der Waals surface area contributed by atoms with Crippen LogP contribution in [0.5, 0.6) is 5.75 Å². The summed E-state index contributed by atoms with van der Waals surface area (Å²) in [6.45, 7) is 6.28. The van der Waals surface area contributed by atoms with E-state index in [1.165, 1.54) is 6.42 Å². The molecule has 128 valence electrons. The van der Waals surface area contributed by atoms with E-state index in [2.05, 4.69) is 19.2 Å². The van der Waals surface area contributed by atoms with E-state index >= 15 is 0 Å². The first-order chi connectivity index (χ1) is 10.9. The van der Waals surface area contributed by atoms with Crippen LogP contribution in [0.4, 0.5) is 0 Å². The molecule has 1 aliphatic rings. The maximum absolute atomic E-state index is 12.5. The molecule has 1 aliphatic carbocycles. The SMILES string of the molecule is COc1ccc(C(O)C(C)NC(=O)C2CC(C)CC(C)C2)cc1. The van der Waals surface area contributed by atoms with E-state index in [0.29, 0.717) is 11.8 Å². The van der Waals surface area contributed by atoms with Gasteiger partial charge in [0, 0.05) is 5.92 Å². The fourth-order valence-corrected chi connectivity index (χ4v) is 3.67. The van der Waals surface area contributed by atoms with Crippen molar-refractivity contribution in [1.82, 2.24) is 5.32 Å². The van der Waals surface area contributed by atoms with Crippen LogP contribution in [-0.4, -0.2) is 24.2 Å². The van der Waals surface area contributed by atoms with Gasteiger partial charge in [-0.1, -0.05) is 26.0 Å². The zero-order valence-corrected chi connectivity index (χ0v) is 14.6. The van der Waals surface area contributed by atoms with Gasteiger partial charge in [-0.15, -0.1) is 0 Å². The van der Waals surface area contributed by atoms with E-state index in [1.807, 2.05) is 31.2 Å². The molecule has 1 aromatic rings. The molecule has 0 aromatic heterocycles. The lowest BCUT2D eigenvalue weighted by atomic mass is 9.76. The Hall–Kier alpha value is -1.55. The summed E-state index contributed by atoms with van der Waals surface area (Å²) in [5.74, 6) is 2.08. The maximum Gasteiger partial charge on any atom is 0.223 e. The van der Waals surface area contributed by atoms with Gasteiger partial charge >= 0.3 is 0 Å². The molecular weight excluding hydrogens is 290 g/mol. The minimum absolute atomic E-state index is 0.0688. The number of methoxy groups -OCH3 is 1. The number of carbonyl (C=O) groups excluding carboxylic acids is 1. The summed E-state index contributed by atoms with van der Waals surface area (Å²) in [5.41, 5.74) is 0.781. The first-order valence-corrected chi connectivity index (χ1v) is 8.53. The smallest absolute Gasteiger partial charge is 0.223 e. The second-order valence-electron chi connectivity index (χ2n) is 7.13. The zero-order chi connectivity index (χ0) is 17.0. The highest BCUT2D eigenvalue weighted by atomic mass is 16.5. The van der Waals surface area contributed by atoms with Crippen molar-refractivity contribution in [2.24, 2.45) is 17.8 Å². The summed E-state index contributed by atoms with van der Waals surface area (Å²) in [4.78, 5) is 12.5. The molecule has 1 amide bonds. The lowest BCUT2D eigenvalue weighted by Crippen LogP contribution is -2.42. The summed E-state index contributed by atoms with van der Waals surface area (Å²) in [6.07, 6.45) is 2.37. The average Bonchev–Trinajstić information content (AvgIpc) is 2.53. The number of nitrogens with one attached hydrogen (secondary N) is 1. The summed E-state index contributed by atoms with van der Waals surface area (Å²) in [6, 6.07) is 6.98. The quantitative estimate of drug-likeness (QED) is 0.875. The van der Waals surface area contributed by atoms with Gasteiger partial charge in [0.15, 0.2) is 0 Å². The van der Waals surface area contributed by atoms with Crippen molar-refractivity contribution >= 4 is 5.91 Å². The molecule has 4 atom stereocenters. The molecule has 0 spiro atoms. The first kappa shape index (κ1) is 17.8. The van der Waals surface area contributed by atoms with Gasteiger partial charge in [-0.25, -0.2) is 0 Å². The van der Waals surface area contributed by atoms with Crippen LogP contribution in [0.2, 0.25) is 0 Å². The fraction of sp³-hybridized carbons (Fsp3) is 0.632. The Bertz CT molecular complexity index is 504. The van der Waals surface area contributed by atoms with Crippen molar-refractivity contribution in [1.29, 1.82) is 0 Å². The number of hydrogen-bond acceptors (Lipinski definition) is 3. The Morgan fingerprint density at radius 1 is 1.17 bits per heavy atom. The highest BCUT2D eigenvalue weighted by Crippen LogP contribution is 2.33. The first-order valence-electron chi connectivity index (χ1n) is 8.53. The van der Waals surface area contributed by atoms with Gasteiger partial charge in [0.2, 0.25) is 5.91 Å². The van der Waals surface area contributed by atoms with Crippen LogP contribution in [0.15, 0.2) is 24.3 Å². The molecule has 0 heterocycles. The number of aliphatic hydroxyl groups is 1. The molecule has 0 aliphatic heterocycles. The molecule has 1 fully saturated rings. The minimum Gasteiger partial charge on any atom is -0.497 e. The Morgan fingerprint density at radius 2 is 1.74 bits per heavy atom. The molecule has 2 rings (SSSR count). The molecule has 1 aromatic carbocycles. The monoisotopic (exact) mass is 319 g/mol.